The second-order valence-electron chi connectivity index (χ2n) is 3.92. The summed E-state index contributed by atoms with van der Waals surface area (Å²) in [6, 6.07) is 0. The SMILES string of the molecule is CCN(CC(=O)OC)C(=O)CCC(C)C. The summed E-state index contributed by atoms with van der Waals surface area (Å²) in [5.74, 6) is 0.164. The summed E-state index contributed by atoms with van der Waals surface area (Å²) in [5.41, 5.74) is 0. The van der Waals surface area contributed by atoms with Crippen LogP contribution in [0, 0.1) is 5.92 Å². The molecular weight excluding hydrogens is 194 g/mol. The molecule has 4 nitrogen and oxygen atoms in total. The molecule has 0 atom stereocenters. The topological polar surface area (TPSA) is 46.6 Å². The maximum Gasteiger partial charge on any atom is 0.325 e. The Balaban J connectivity index is 4.04. The molecule has 0 aliphatic rings. The first kappa shape index (κ1) is 13.9. The normalized spacial score (nSPS) is 10.2. The molecule has 0 aromatic rings. The Bertz CT molecular complexity index is 214. The Morgan fingerprint density at radius 1 is 1.33 bits per heavy atom. The molecule has 0 saturated heterocycles. The molecule has 0 spiro atoms. The van der Waals surface area contributed by atoms with Crippen LogP contribution in [0.15, 0.2) is 0 Å². The number of ether oxygens (including phenoxy) is 1. The Morgan fingerprint density at radius 2 is 1.93 bits per heavy atom. The Kier molecular flexibility index (Phi) is 6.75. The van der Waals surface area contributed by atoms with Crippen LogP contribution in [0.2, 0.25) is 0 Å². The van der Waals surface area contributed by atoms with Crippen molar-refractivity contribution in [2.24, 2.45) is 5.92 Å². The quantitative estimate of drug-likeness (QED) is 0.630. The number of rotatable bonds is 6. The first-order chi connectivity index (χ1) is 7.01. The first-order valence-corrected chi connectivity index (χ1v) is 5.35. The van der Waals surface area contributed by atoms with Gasteiger partial charge in [-0.15, -0.1) is 0 Å². The van der Waals surface area contributed by atoms with Gasteiger partial charge in [0, 0.05) is 13.0 Å². The molecule has 1 amide bonds. The highest BCUT2D eigenvalue weighted by molar-refractivity contribution is 5.81. The first-order valence-electron chi connectivity index (χ1n) is 5.35. The van der Waals surface area contributed by atoms with Gasteiger partial charge in [-0.05, 0) is 19.3 Å². The van der Waals surface area contributed by atoms with E-state index in [2.05, 4.69) is 18.6 Å². The molecule has 0 N–H and O–H groups in total. The molecule has 0 unspecified atom stereocenters. The summed E-state index contributed by atoms with van der Waals surface area (Å²) in [5, 5.41) is 0. The van der Waals surface area contributed by atoms with Crippen molar-refractivity contribution in [1.29, 1.82) is 0 Å². The van der Waals surface area contributed by atoms with E-state index in [1.165, 1.54) is 12.0 Å². The van der Waals surface area contributed by atoms with Crippen LogP contribution in [0.4, 0.5) is 0 Å². The predicted octanol–water partition coefficient (Wildman–Crippen LogP) is 1.44. The standard InChI is InChI=1S/C11H21NO3/c1-5-12(8-11(14)15-4)10(13)7-6-9(2)3/h9H,5-8H2,1-4H3. The minimum absolute atomic E-state index is 0.0246. The van der Waals surface area contributed by atoms with Crippen LogP contribution in [0.25, 0.3) is 0 Å². The average Bonchev–Trinajstić information content (AvgIpc) is 2.21. The van der Waals surface area contributed by atoms with Gasteiger partial charge in [0.25, 0.3) is 0 Å². The number of hydrogen-bond donors (Lipinski definition) is 0. The molecule has 0 radical (unpaired) electrons. The van der Waals surface area contributed by atoms with Gasteiger partial charge in [-0.3, -0.25) is 9.59 Å². The lowest BCUT2D eigenvalue weighted by Crippen LogP contribution is -2.36. The lowest BCUT2D eigenvalue weighted by molar-refractivity contribution is -0.146. The number of likely N-dealkylation sites (N-methyl/N-ethyl adjacent to an activating group) is 1. The van der Waals surface area contributed by atoms with Crippen molar-refractivity contribution in [3.8, 4) is 0 Å². The smallest absolute Gasteiger partial charge is 0.325 e. The van der Waals surface area contributed by atoms with E-state index in [9.17, 15) is 9.59 Å². The van der Waals surface area contributed by atoms with Crippen molar-refractivity contribution in [1.82, 2.24) is 4.90 Å². The third-order valence-electron chi connectivity index (χ3n) is 2.22. The molecule has 0 bridgehead atoms. The number of hydrogen-bond acceptors (Lipinski definition) is 3. The van der Waals surface area contributed by atoms with Crippen molar-refractivity contribution in [2.45, 2.75) is 33.6 Å². The molecule has 0 rings (SSSR count). The molecule has 88 valence electrons. The zero-order chi connectivity index (χ0) is 11.8. The number of nitrogens with zero attached hydrogens (tertiary/aromatic N) is 1. The largest absolute Gasteiger partial charge is 0.468 e. The number of amides is 1. The summed E-state index contributed by atoms with van der Waals surface area (Å²) in [4.78, 5) is 24.2. The minimum Gasteiger partial charge on any atom is -0.468 e. The number of methoxy groups -OCH3 is 1. The van der Waals surface area contributed by atoms with E-state index in [4.69, 9.17) is 0 Å². The highest BCUT2D eigenvalue weighted by Gasteiger charge is 2.15. The van der Waals surface area contributed by atoms with E-state index < -0.39 is 0 Å². The molecule has 15 heavy (non-hydrogen) atoms. The van der Waals surface area contributed by atoms with Crippen molar-refractivity contribution in [2.75, 3.05) is 20.2 Å². The third kappa shape index (κ3) is 6.10. The maximum atomic E-state index is 11.6. The molecule has 0 aromatic carbocycles. The third-order valence-corrected chi connectivity index (χ3v) is 2.22. The van der Waals surface area contributed by atoms with Crippen molar-refractivity contribution in [3.05, 3.63) is 0 Å². The van der Waals surface area contributed by atoms with Crippen LogP contribution in [0.3, 0.4) is 0 Å². The molecule has 0 aromatic heterocycles. The number of carbonyl (C=O) groups excluding carboxylic acids is 2. The van der Waals surface area contributed by atoms with Gasteiger partial charge in [0.1, 0.15) is 6.54 Å². The molecule has 0 aliphatic carbocycles. The zero-order valence-corrected chi connectivity index (χ0v) is 10.1. The van der Waals surface area contributed by atoms with Crippen LogP contribution in [-0.4, -0.2) is 37.0 Å². The van der Waals surface area contributed by atoms with E-state index in [0.29, 0.717) is 18.9 Å². The van der Waals surface area contributed by atoms with E-state index >= 15 is 0 Å². The van der Waals surface area contributed by atoms with Gasteiger partial charge in [-0.1, -0.05) is 13.8 Å². The van der Waals surface area contributed by atoms with Crippen molar-refractivity contribution in [3.63, 3.8) is 0 Å². The fraction of sp³-hybridized carbons (Fsp3) is 0.818. The van der Waals surface area contributed by atoms with Gasteiger partial charge in [-0.2, -0.15) is 0 Å². The highest BCUT2D eigenvalue weighted by atomic mass is 16.5. The fourth-order valence-electron chi connectivity index (χ4n) is 1.17. The fourth-order valence-corrected chi connectivity index (χ4v) is 1.17. The molecule has 0 fully saturated rings. The van der Waals surface area contributed by atoms with Crippen LogP contribution < -0.4 is 0 Å². The lowest BCUT2D eigenvalue weighted by atomic mass is 10.1. The average molecular weight is 215 g/mol. The second kappa shape index (κ2) is 7.26. The van der Waals surface area contributed by atoms with Crippen molar-refractivity contribution < 1.29 is 14.3 Å². The van der Waals surface area contributed by atoms with Gasteiger partial charge < -0.3 is 9.64 Å². The highest BCUT2D eigenvalue weighted by Crippen LogP contribution is 2.06. The Labute approximate surface area is 91.6 Å². The number of carbonyl (C=O) groups is 2. The summed E-state index contributed by atoms with van der Waals surface area (Å²) in [6.07, 6.45) is 1.36. The Morgan fingerprint density at radius 3 is 2.33 bits per heavy atom. The second-order valence-corrected chi connectivity index (χ2v) is 3.92. The van der Waals surface area contributed by atoms with Crippen LogP contribution in [-0.2, 0) is 14.3 Å². The lowest BCUT2D eigenvalue weighted by Gasteiger charge is -2.19. The van der Waals surface area contributed by atoms with E-state index in [0.717, 1.165) is 6.42 Å². The van der Waals surface area contributed by atoms with Crippen LogP contribution >= 0.6 is 0 Å². The van der Waals surface area contributed by atoms with E-state index in [1.54, 1.807) is 0 Å². The monoisotopic (exact) mass is 215 g/mol. The van der Waals surface area contributed by atoms with Gasteiger partial charge in [0.05, 0.1) is 7.11 Å². The maximum absolute atomic E-state index is 11.6. The molecular formula is C11H21NO3. The molecule has 4 heteroatoms. The molecule has 0 heterocycles. The van der Waals surface area contributed by atoms with E-state index in [1.807, 2.05) is 6.92 Å². The van der Waals surface area contributed by atoms with Crippen LogP contribution in [0.1, 0.15) is 33.6 Å². The van der Waals surface area contributed by atoms with Crippen LogP contribution in [0.5, 0.6) is 0 Å². The summed E-state index contributed by atoms with van der Waals surface area (Å²) < 4.78 is 4.53. The summed E-state index contributed by atoms with van der Waals surface area (Å²) >= 11 is 0. The predicted molar refractivity (Wildman–Crippen MR) is 58.3 cm³/mol. The summed E-state index contributed by atoms with van der Waals surface area (Å²) in [7, 11) is 1.33. The van der Waals surface area contributed by atoms with Gasteiger partial charge in [0.2, 0.25) is 5.91 Å². The van der Waals surface area contributed by atoms with E-state index in [-0.39, 0.29) is 18.4 Å². The van der Waals surface area contributed by atoms with Crippen molar-refractivity contribution >= 4 is 11.9 Å². The van der Waals surface area contributed by atoms with Gasteiger partial charge >= 0.3 is 5.97 Å². The molecule has 0 aliphatic heterocycles. The van der Waals surface area contributed by atoms with Gasteiger partial charge in [0.15, 0.2) is 0 Å². The number of esters is 1. The summed E-state index contributed by atoms with van der Waals surface area (Å²) in [6.45, 7) is 6.61. The van der Waals surface area contributed by atoms with Gasteiger partial charge in [-0.25, -0.2) is 0 Å². The Hall–Kier alpha value is -1.06. The zero-order valence-electron chi connectivity index (χ0n) is 10.1. The molecule has 0 saturated carbocycles. The minimum atomic E-state index is -0.366.